The van der Waals surface area contributed by atoms with Crippen LogP contribution in [0.25, 0.3) is 0 Å². The second-order valence-corrected chi connectivity index (χ2v) is 7.95. The highest BCUT2D eigenvalue weighted by atomic mass is 31.2. The summed E-state index contributed by atoms with van der Waals surface area (Å²) in [6.07, 6.45) is 1.32. The quantitative estimate of drug-likeness (QED) is 0.800. The minimum absolute atomic E-state index is 0.496. The molecule has 2 aromatic rings. The number of nitrogens with zero attached hydrogens (tertiary/aromatic N) is 1. The Balaban J connectivity index is 2.72. The maximum absolute atomic E-state index is 11.9. The number of methoxy groups -OCH3 is 1. The summed E-state index contributed by atoms with van der Waals surface area (Å²) < 4.78 is 9.32. The van der Waals surface area contributed by atoms with Gasteiger partial charge < -0.3 is 4.74 Å². The lowest BCUT2D eigenvalue weighted by molar-refractivity contribution is 0.183. The first kappa shape index (κ1) is 15.5. The normalized spacial score (nSPS) is 11.0. The van der Waals surface area contributed by atoms with Gasteiger partial charge in [-0.05, 0) is 16.8 Å². The Labute approximate surface area is 126 Å². The molecule has 0 saturated heterocycles. The summed E-state index contributed by atoms with van der Waals surface area (Å²) in [6, 6.07) is 20.2. The van der Waals surface area contributed by atoms with Crippen LogP contribution in [0.5, 0.6) is 0 Å². The fourth-order valence-corrected chi connectivity index (χ4v) is 5.91. The molecule has 0 spiro atoms. The van der Waals surface area contributed by atoms with Gasteiger partial charge in [0.25, 0.3) is 0 Å². The Morgan fingerprint density at radius 3 is 1.86 bits per heavy atom. The third kappa shape index (κ3) is 3.43. The molecular weight excluding hydrogens is 281 g/mol. The van der Waals surface area contributed by atoms with Gasteiger partial charge in [0.15, 0.2) is 0 Å². The van der Waals surface area contributed by atoms with Crippen molar-refractivity contribution in [1.82, 2.24) is 0 Å². The van der Waals surface area contributed by atoms with Crippen LogP contribution < -0.4 is 10.6 Å². The highest BCUT2D eigenvalue weighted by Gasteiger charge is 2.25. The lowest BCUT2D eigenvalue weighted by Gasteiger charge is -2.24. The summed E-state index contributed by atoms with van der Waals surface area (Å²) in [4.78, 5) is 11.9. The van der Waals surface area contributed by atoms with Crippen LogP contribution in [0.1, 0.15) is 13.3 Å². The zero-order chi connectivity index (χ0) is 15.1. The van der Waals surface area contributed by atoms with E-state index in [1.165, 1.54) is 7.11 Å². The second kappa shape index (κ2) is 7.24. The molecule has 1 amide bonds. The minimum atomic E-state index is -2.12. The summed E-state index contributed by atoms with van der Waals surface area (Å²) in [6.45, 7) is 2.12. The van der Waals surface area contributed by atoms with E-state index in [4.69, 9.17) is 4.74 Å². The van der Waals surface area contributed by atoms with Crippen molar-refractivity contribution in [2.24, 2.45) is 4.74 Å². The predicted molar refractivity (Wildman–Crippen MR) is 89.1 cm³/mol. The Bertz CT molecular complexity index is 595. The average Bonchev–Trinajstić information content (AvgIpc) is 2.56. The van der Waals surface area contributed by atoms with Gasteiger partial charge in [0.1, 0.15) is 0 Å². The molecule has 2 aromatic carbocycles. The second-order valence-electron chi connectivity index (χ2n) is 4.73. The molecule has 2 rings (SSSR count). The van der Waals surface area contributed by atoms with E-state index in [0.29, 0.717) is 0 Å². The van der Waals surface area contributed by atoms with Crippen molar-refractivity contribution < 1.29 is 9.53 Å². The molecule has 0 N–H and O–H groups in total. The highest BCUT2D eigenvalue weighted by Crippen LogP contribution is 2.48. The lowest BCUT2D eigenvalue weighted by atomic mass is 10.4. The Kier molecular flexibility index (Phi) is 5.35. The molecule has 0 bridgehead atoms. The molecule has 0 atom stereocenters. The maximum atomic E-state index is 11.9. The number of rotatable bonds is 4. The van der Waals surface area contributed by atoms with Crippen LogP contribution in [0.3, 0.4) is 0 Å². The van der Waals surface area contributed by atoms with Gasteiger partial charge in [-0.1, -0.05) is 74.0 Å². The fraction of sp³-hybridized carbons (Fsp3) is 0.235. The van der Waals surface area contributed by atoms with Gasteiger partial charge in [-0.3, -0.25) is 0 Å². The summed E-state index contributed by atoms with van der Waals surface area (Å²) in [5.74, 6) is 0. The van der Waals surface area contributed by atoms with Gasteiger partial charge in [-0.15, -0.1) is 0 Å². The molecule has 21 heavy (non-hydrogen) atoms. The zero-order valence-corrected chi connectivity index (χ0v) is 13.3. The van der Waals surface area contributed by atoms with Crippen LogP contribution in [0.2, 0.25) is 0 Å². The number of benzene rings is 2. The highest BCUT2D eigenvalue weighted by molar-refractivity contribution is 7.81. The SMILES string of the molecule is CCCP(=NC(=O)OC)(c1ccccc1)c1ccccc1. The van der Waals surface area contributed by atoms with Crippen LogP contribution in [0, 0.1) is 0 Å². The molecule has 110 valence electrons. The molecule has 0 saturated carbocycles. The van der Waals surface area contributed by atoms with Crippen LogP contribution in [0.4, 0.5) is 4.79 Å². The van der Waals surface area contributed by atoms with E-state index in [1.807, 2.05) is 36.4 Å². The molecule has 0 aliphatic rings. The van der Waals surface area contributed by atoms with Gasteiger partial charge in [-0.2, -0.15) is 4.74 Å². The van der Waals surface area contributed by atoms with E-state index in [9.17, 15) is 4.79 Å². The molecule has 0 aliphatic carbocycles. The van der Waals surface area contributed by atoms with E-state index in [1.54, 1.807) is 0 Å². The standard InChI is InChI=1S/C17H20NO2P/c1-3-14-21(18-17(19)20-2,15-10-6-4-7-11-15)16-12-8-5-9-13-16/h4-13H,3,14H2,1-2H3. The van der Waals surface area contributed by atoms with Gasteiger partial charge in [0.05, 0.1) is 7.11 Å². The maximum Gasteiger partial charge on any atom is 0.432 e. The lowest BCUT2D eigenvalue weighted by Crippen LogP contribution is -2.20. The average molecular weight is 301 g/mol. The van der Waals surface area contributed by atoms with Crippen LogP contribution in [0.15, 0.2) is 65.4 Å². The molecule has 0 unspecified atom stereocenters. The van der Waals surface area contributed by atoms with Crippen molar-refractivity contribution in [3.05, 3.63) is 60.7 Å². The molecule has 0 fully saturated rings. The Morgan fingerprint density at radius 2 is 1.48 bits per heavy atom. The van der Waals surface area contributed by atoms with E-state index < -0.39 is 13.1 Å². The monoisotopic (exact) mass is 301 g/mol. The fourth-order valence-electron chi connectivity index (χ4n) is 2.43. The van der Waals surface area contributed by atoms with Crippen LogP contribution in [-0.4, -0.2) is 19.4 Å². The molecule has 0 heterocycles. The molecule has 4 heteroatoms. The number of ether oxygens (including phenoxy) is 1. The van der Waals surface area contributed by atoms with Crippen molar-refractivity contribution in [3.63, 3.8) is 0 Å². The smallest absolute Gasteiger partial charge is 0.432 e. The molecule has 0 aromatic heterocycles. The van der Waals surface area contributed by atoms with Gasteiger partial charge in [-0.25, -0.2) is 4.79 Å². The molecule has 0 aliphatic heterocycles. The summed E-state index contributed by atoms with van der Waals surface area (Å²) in [7, 11) is -0.746. The van der Waals surface area contributed by atoms with Crippen molar-refractivity contribution in [2.75, 3.05) is 13.3 Å². The predicted octanol–water partition coefficient (Wildman–Crippen LogP) is 4.02. The third-order valence-corrected chi connectivity index (χ3v) is 7.24. The van der Waals surface area contributed by atoms with Crippen molar-refractivity contribution in [2.45, 2.75) is 13.3 Å². The van der Waals surface area contributed by atoms with E-state index in [-0.39, 0.29) is 0 Å². The topological polar surface area (TPSA) is 38.7 Å². The first-order valence-electron chi connectivity index (χ1n) is 7.03. The van der Waals surface area contributed by atoms with Crippen molar-refractivity contribution >= 4 is 23.8 Å². The number of amides is 1. The Morgan fingerprint density at radius 1 is 1.00 bits per heavy atom. The van der Waals surface area contributed by atoms with Crippen LogP contribution >= 0.6 is 7.05 Å². The summed E-state index contributed by atoms with van der Waals surface area (Å²) in [5.41, 5.74) is 0. The zero-order valence-electron chi connectivity index (χ0n) is 12.4. The summed E-state index contributed by atoms with van der Waals surface area (Å²) in [5, 5.41) is 2.23. The number of carbonyl (C=O) groups excluding carboxylic acids is 1. The van der Waals surface area contributed by atoms with E-state index >= 15 is 0 Å². The Hall–Kier alpha value is -1.86. The number of carbonyl (C=O) groups is 1. The van der Waals surface area contributed by atoms with E-state index in [0.717, 1.165) is 23.2 Å². The number of hydrogen-bond acceptors (Lipinski definition) is 2. The molecule has 0 radical (unpaired) electrons. The summed E-state index contributed by atoms with van der Waals surface area (Å²) >= 11 is 0. The van der Waals surface area contributed by atoms with Crippen molar-refractivity contribution in [1.29, 1.82) is 0 Å². The minimum Gasteiger partial charge on any atom is -0.451 e. The molecular formula is C17H20NO2P. The number of hydrogen-bond donors (Lipinski definition) is 0. The van der Waals surface area contributed by atoms with Gasteiger partial charge in [0.2, 0.25) is 0 Å². The largest absolute Gasteiger partial charge is 0.451 e. The van der Waals surface area contributed by atoms with Crippen LogP contribution in [-0.2, 0) is 4.74 Å². The first-order chi connectivity index (χ1) is 10.2. The van der Waals surface area contributed by atoms with E-state index in [2.05, 4.69) is 35.9 Å². The molecule has 3 nitrogen and oxygen atoms in total. The first-order valence-corrected chi connectivity index (χ1v) is 8.96. The third-order valence-electron chi connectivity index (χ3n) is 3.34. The van der Waals surface area contributed by atoms with Crippen molar-refractivity contribution in [3.8, 4) is 0 Å². The van der Waals surface area contributed by atoms with Gasteiger partial charge >= 0.3 is 6.09 Å². The van der Waals surface area contributed by atoms with Gasteiger partial charge in [0, 0.05) is 7.05 Å².